The normalized spacial score (nSPS) is 10.5. The SMILES string of the molecule is COC(=O)c1c(-c2ccc(C)cc2)csc1NC(=O)CSc1nccc(C)n1. The van der Waals surface area contributed by atoms with E-state index in [1.807, 2.05) is 43.5 Å². The lowest BCUT2D eigenvalue weighted by Crippen LogP contribution is -2.16. The first kappa shape index (κ1) is 20.0. The highest BCUT2D eigenvalue weighted by Gasteiger charge is 2.22. The molecule has 144 valence electrons. The Balaban J connectivity index is 1.78. The molecule has 0 aliphatic rings. The molecule has 0 radical (unpaired) electrons. The van der Waals surface area contributed by atoms with Gasteiger partial charge in [0.1, 0.15) is 10.6 Å². The van der Waals surface area contributed by atoms with Crippen LogP contribution in [-0.2, 0) is 9.53 Å². The van der Waals surface area contributed by atoms with Crippen molar-refractivity contribution in [3.8, 4) is 11.1 Å². The second-order valence-corrected chi connectivity index (χ2v) is 7.85. The number of nitrogens with zero attached hydrogens (tertiary/aromatic N) is 2. The van der Waals surface area contributed by atoms with Crippen LogP contribution in [0.3, 0.4) is 0 Å². The van der Waals surface area contributed by atoms with Crippen LogP contribution >= 0.6 is 23.1 Å². The van der Waals surface area contributed by atoms with Crippen LogP contribution in [0.25, 0.3) is 11.1 Å². The molecule has 0 saturated heterocycles. The summed E-state index contributed by atoms with van der Waals surface area (Å²) in [5.41, 5.74) is 3.96. The lowest BCUT2D eigenvalue weighted by atomic mass is 10.0. The van der Waals surface area contributed by atoms with E-state index in [-0.39, 0.29) is 11.7 Å². The van der Waals surface area contributed by atoms with Crippen LogP contribution in [0.4, 0.5) is 5.00 Å². The molecule has 0 aliphatic carbocycles. The molecule has 1 N–H and O–H groups in total. The summed E-state index contributed by atoms with van der Waals surface area (Å²) in [4.78, 5) is 33.1. The Labute approximate surface area is 171 Å². The molecule has 28 heavy (non-hydrogen) atoms. The Morgan fingerprint density at radius 1 is 1.18 bits per heavy atom. The Hall–Kier alpha value is -2.71. The van der Waals surface area contributed by atoms with Gasteiger partial charge in [0, 0.05) is 22.8 Å². The summed E-state index contributed by atoms with van der Waals surface area (Å²) < 4.78 is 4.94. The number of thioether (sulfide) groups is 1. The Kier molecular flexibility index (Phi) is 6.43. The van der Waals surface area contributed by atoms with Crippen LogP contribution in [0.2, 0.25) is 0 Å². The van der Waals surface area contributed by atoms with Crippen LogP contribution in [0.5, 0.6) is 0 Å². The molecule has 3 rings (SSSR count). The number of aromatic nitrogens is 2. The molecular formula is C20H19N3O3S2. The standard InChI is InChI=1S/C20H19N3O3S2/c1-12-4-6-14(7-5-12)15-10-27-18(17(15)19(25)26-3)23-16(24)11-28-20-21-9-8-13(2)22-20/h4-10H,11H2,1-3H3,(H,23,24). The fourth-order valence-corrected chi connectivity index (χ4v) is 4.14. The van der Waals surface area contributed by atoms with Crippen molar-refractivity contribution < 1.29 is 14.3 Å². The summed E-state index contributed by atoms with van der Waals surface area (Å²) in [7, 11) is 1.33. The van der Waals surface area contributed by atoms with E-state index in [1.54, 1.807) is 12.3 Å². The highest BCUT2D eigenvalue weighted by Crippen LogP contribution is 2.36. The van der Waals surface area contributed by atoms with E-state index >= 15 is 0 Å². The lowest BCUT2D eigenvalue weighted by molar-refractivity contribution is -0.113. The van der Waals surface area contributed by atoms with Crippen molar-refractivity contribution >= 4 is 40.0 Å². The van der Waals surface area contributed by atoms with Crippen molar-refractivity contribution in [3.05, 3.63) is 58.7 Å². The van der Waals surface area contributed by atoms with Gasteiger partial charge in [-0.05, 0) is 25.5 Å². The Bertz CT molecular complexity index is 1000. The zero-order valence-corrected chi connectivity index (χ0v) is 17.3. The zero-order chi connectivity index (χ0) is 20.1. The van der Waals surface area contributed by atoms with E-state index in [4.69, 9.17) is 4.74 Å². The largest absolute Gasteiger partial charge is 0.465 e. The maximum Gasteiger partial charge on any atom is 0.341 e. The van der Waals surface area contributed by atoms with E-state index in [2.05, 4.69) is 15.3 Å². The first-order chi connectivity index (χ1) is 13.5. The van der Waals surface area contributed by atoms with Gasteiger partial charge in [0.2, 0.25) is 5.91 Å². The first-order valence-corrected chi connectivity index (χ1v) is 10.3. The number of anilines is 1. The highest BCUT2D eigenvalue weighted by atomic mass is 32.2. The van der Waals surface area contributed by atoms with Gasteiger partial charge in [-0.15, -0.1) is 11.3 Å². The van der Waals surface area contributed by atoms with Crippen LogP contribution in [0.1, 0.15) is 21.6 Å². The van der Waals surface area contributed by atoms with Crippen molar-refractivity contribution in [1.29, 1.82) is 0 Å². The quantitative estimate of drug-likeness (QED) is 0.368. The van der Waals surface area contributed by atoms with Gasteiger partial charge >= 0.3 is 5.97 Å². The molecule has 2 aromatic heterocycles. The fourth-order valence-electron chi connectivity index (χ4n) is 2.49. The number of hydrogen-bond acceptors (Lipinski definition) is 7. The second-order valence-electron chi connectivity index (χ2n) is 6.03. The van der Waals surface area contributed by atoms with Crippen LogP contribution in [0, 0.1) is 13.8 Å². The molecule has 6 nitrogen and oxygen atoms in total. The molecule has 0 bridgehead atoms. The zero-order valence-electron chi connectivity index (χ0n) is 15.7. The highest BCUT2D eigenvalue weighted by molar-refractivity contribution is 7.99. The van der Waals surface area contributed by atoms with E-state index in [0.717, 1.165) is 22.4 Å². The van der Waals surface area contributed by atoms with Gasteiger partial charge in [-0.3, -0.25) is 4.79 Å². The maximum absolute atomic E-state index is 12.4. The molecule has 3 aromatic rings. The van der Waals surface area contributed by atoms with Gasteiger partial charge in [0.15, 0.2) is 5.16 Å². The molecular weight excluding hydrogens is 394 g/mol. The predicted octanol–water partition coefficient (Wildman–Crippen LogP) is 4.34. The Morgan fingerprint density at radius 2 is 1.93 bits per heavy atom. The number of carbonyl (C=O) groups is 2. The van der Waals surface area contributed by atoms with Gasteiger partial charge in [0.05, 0.1) is 12.9 Å². The molecule has 1 aromatic carbocycles. The van der Waals surface area contributed by atoms with Crippen molar-refractivity contribution in [2.45, 2.75) is 19.0 Å². The average molecular weight is 414 g/mol. The molecule has 0 saturated carbocycles. The smallest absolute Gasteiger partial charge is 0.341 e. The summed E-state index contributed by atoms with van der Waals surface area (Å²) in [5, 5.41) is 5.67. The molecule has 0 unspecified atom stereocenters. The number of methoxy groups -OCH3 is 1. The maximum atomic E-state index is 12.4. The van der Waals surface area contributed by atoms with Crippen LogP contribution in [-0.4, -0.2) is 34.7 Å². The average Bonchev–Trinajstić information content (AvgIpc) is 3.10. The van der Waals surface area contributed by atoms with Crippen LogP contribution < -0.4 is 5.32 Å². The predicted molar refractivity (Wildman–Crippen MR) is 112 cm³/mol. The number of esters is 1. The van der Waals surface area contributed by atoms with Gasteiger partial charge in [-0.25, -0.2) is 14.8 Å². The van der Waals surface area contributed by atoms with E-state index < -0.39 is 5.97 Å². The molecule has 0 aliphatic heterocycles. The van der Waals surface area contributed by atoms with E-state index in [1.165, 1.54) is 30.2 Å². The molecule has 0 fully saturated rings. The minimum Gasteiger partial charge on any atom is -0.465 e. The van der Waals surface area contributed by atoms with Gasteiger partial charge in [0.25, 0.3) is 0 Å². The Morgan fingerprint density at radius 3 is 2.61 bits per heavy atom. The monoisotopic (exact) mass is 413 g/mol. The van der Waals surface area contributed by atoms with Crippen molar-refractivity contribution in [2.75, 3.05) is 18.2 Å². The molecule has 0 spiro atoms. The number of ether oxygens (including phenoxy) is 1. The number of rotatable bonds is 6. The number of aryl methyl sites for hydroxylation is 2. The third-order valence-electron chi connectivity index (χ3n) is 3.90. The minimum absolute atomic E-state index is 0.141. The number of hydrogen-bond donors (Lipinski definition) is 1. The number of amides is 1. The van der Waals surface area contributed by atoms with Crippen molar-refractivity contribution in [3.63, 3.8) is 0 Å². The van der Waals surface area contributed by atoms with Crippen molar-refractivity contribution in [1.82, 2.24) is 9.97 Å². The third kappa shape index (κ3) is 4.76. The summed E-state index contributed by atoms with van der Waals surface area (Å²) in [6.45, 7) is 3.87. The number of thiophene rings is 1. The minimum atomic E-state index is -0.484. The molecule has 2 heterocycles. The summed E-state index contributed by atoms with van der Waals surface area (Å²) in [5.74, 6) is -0.582. The van der Waals surface area contributed by atoms with Crippen LogP contribution in [0.15, 0.2) is 47.1 Å². The fraction of sp³-hybridized carbons (Fsp3) is 0.200. The third-order valence-corrected chi connectivity index (χ3v) is 5.66. The molecule has 8 heteroatoms. The number of benzene rings is 1. The molecule has 1 amide bonds. The van der Waals surface area contributed by atoms with E-state index in [9.17, 15) is 9.59 Å². The number of carbonyl (C=O) groups excluding carboxylic acids is 2. The van der Waals surface area contributed by atoms with Gasteiger partial charge in [-0.2, -0.15) is 0 Å². The second kappa shape index (κ2) is 8.99. The van der Waals surface area contributed by atoms with E-state index in [0.29, 0.717) is 15.7 Å². The number of nitrogens with one attached hydrogen (secondary N) is 1. The lowest BCUT2D eigenvalue weighted by Gasteiger charge is -2.08. The first-order valence-electron chi connectivity index (χ1n) is 8.47. The van der Waals surface area contributed by atoms with Gasteiger partial charge < -0.3 is 10.1 Å². The van der Waals surface area contributed by atoms with Gasteiger partial charge in [-0.1, -0.05) is 41.6 Å². The summed E-state index contributed by atoms with van der Waals surface area (Å²) in [6, 6.07) is 9.64. The summed E-state index contributed by atoms with van der Waals surface area (Å²) in [6.07, 6.45) is 1.66. The topological polar surface area (TPSA) is 81.2 Å². The van der Waals surface area contributed by atoms with Crippen molar-refractivity contribution in [2.24, 2.45) is 0 Å². The summed E-state index contributed by atoms with van der Waals surface area (Å²) >= 11 is 2.54. The molecule has 0 atom stereocenters.